The van der Waals surface area contributed by atoms with E-state index in [0.717, 1.165) is 19.4 Å². The van der Waals surface area contributed by atoms with Gasteiger partial charge in [-0.05, 0) is 67.3 Å². The smallest absolute Gasteiger partial charge is 0.246 e. The van der Waals surface area contributed by atoms with E-state index in [1.54, 1.807) is 13.2 Å². The molecule has 3 saturated carbocycles. The van der Waals surface area contributed by atoms with Crippen LogP contribution in [0.3, 0.4) is 0 Å². The Kier molecular flexibility index (Phi) is 5.39. The van der Waals surface area contributed by atoms with Crippen LogP contribution in [0.4, 0.5) is 0 Å². The minimum Gasteiger partial charge on any atom is -0.393 e. The van der Waals surface area contributed by atoms with Gasteiger partial charge in [-0.3, -0.25) is 4.79 Å². The number of fused-ring (bicyclic) bond motifs is 5. The molecule has 8 atom stereocenters. The Labute approximate surface area is 169 Å². The number of rotatable bonds is 5. The van der Waals surface area contributed by atoms with Crippen LogP contribution in [0, 0.1) is 34.5 Å². The van der Waals surface area contributed by atoms with Crippen LogP contribution in [0.5, 0.6) is 0 Å². The molecule has 28 heavy (non-hydrogen) atoms. The van der Waals surface area contributed by atoms with Crippen LogP contribution in [0.25, 0.3) is 0 Å². The van der Waals surface area contributed by atoms with Gasteiger partial charge in [-0.1, -0.05) is 19.9 Å². The summed E-state index contributed by atoms with van der Waals surface area (Å²) >= 11 is 0. The fraction of sp³-hybridized carbons (Fsp3) is 0.870. The highest BCUT2D eigenvalue weighted by molar-refractivity contribution is 5.89. The Morgan fingerprint density at radius 2 is 2.04 bits per heavy atom. The topological polar surface area (TPSA) is 59.0 Å². The molecule has 0 aromatic heterocycles. The quantitative estimate of drug-likeness (QED) is 0.732. The molecule has 3 unspecified atom stereocenters. The molecule has 0 aromatic carbocycles. The fourth-order valence-electron chi connectivity index (χ4n) is 7.41. The van der Waals surface area contributed by atoms with Crippen LogP contribution in [0.1, 0.15) is 46.0 Å². The van der Waals surface area contributed by atoms with Crippen molar-refractivity contribution >= 4 is 5.91 Å². The van der Waals surface area contributed by atoms with Gasteiger partial charge in [-0.2, -0.15) is 0 Å². The first-order valence-corrected chi connectivity index (χ1v) is 11.0. The number of carbonyl (C=O) groups is 1. The molecule has 3 aliphatic carbocycles. The van der Waals surface area contributed by atoms with Gasteiger partial charge in [0, 0.05) is 32.2 Å². The summed E-state index contributed by atoms with van der Waals surface area (Å²) < 4.78 is 11.0. The molecule has 5 heteroatoms. The Balaban J connectivity index is 1.54. The third kappa shape index (κ3) is 3.14. The lowest BCUT2D eigenvalue weighted by Crippen LogP contribution is -2.63. The lowest BCUT2D eigenvalue weighted by molar-refractivity contribution is -0.154. The van der Waals surface area contributed by atoms with Gasteiger partial charge in [0.15, 0.2) is 0 Å². The third-order valence-corrected chi connectivity index (χ3v) is 8.80. The van der Waals surface area contributed by atoms with E-state index in [9.17, 15) is 9.90 Å². The highest BCUT2D eigenvalue weighted by Crippen LogP contribution is 2.64. The van der Waals surface area contributed by atoms with Gasteiger partial charge in [-0.25, -0.2) is 0 Å². The van der Waals surface area contributed by atoms with Crippen molar-refractivity contribution in [2.45, 2.75) is 58.1 Å². The molecular formula is C23H37NO4. The zero-order chi connectivity index (χ0) is 20.1. The number of hydrogen-bond donors (Lipinski definition) is 1. The van der Waals surface area contributed by atoms with Crippen molar-refractivity contribution in [3.8, 4) is 0 Å². The highest BCUT2D eigenvalue weighted by atomic mass is 16.5. The maximum Gasteiger partial charge on any atom is 0.246 e. The summed E-state index contributed by atoms with van der Waals surface area (Å²) in [6, 6.07) is 0.111. The summed E-state index contributed by atoms with van der Waals surface area (Å²) in [6.45, 7) is 6.88. The van der Waals surface area contributed by atoms with Crippen molar-refractivity contribution in [3.05, 3.63) is 12.2 Å². The average Bonchev–Trinajstić information content (AvgIpc) is 3.00. The normalized spacial score (nSPS) is 47.6. The second kappa shape index (κ2) is 7.41. The Hall–Kier alpha value is -0.910. The molecule has 1 amide bonds. The van der Waals surface area contributed by atoms with Gasteiger partial charge in [-0.15, -0.1) is 0 Å². The monoisotopic (exact) mass is 391 g/mol. The molecule has 3 fully saturated rings. The molecule has 0 radical (unpaired) electrons. The lowest BCUT2D eigenvalue weighted by atomic mass is 9.48. The molecule has 0 bridgehead atoms. The minimum atomic E-state index is -0.317. The van der Waals surface area contributed by atoms with E-state index in [4.69, 9.17) is 9.47 Å². The minimum absolute atomic E-state index is 0.0268. The van der Waals surface area contributed by atoms with Crippen LogP contribution in [0.15, 0.2) is 12.2 Å². The number of aliphatic hydroxyl groups is 1. The number of likely N-dealkylation sites (N-methyl/N-ethyl adjacent to an activating group) is 1. The van der Waals surface area contributed by atoms with E-state index in [-0.39, 0.29) is 23.5 Å². The van der Waals surface area contributed by atoms with E-state index in [2.05, 4.69) is 19.9 Å². The summed E-state index contributed by atoms with van der Waals surface area (Å²) in [4.78, 5) is 14.1. The largest absolute Gasteiger partial charge is 0.393 e. The van der Waals surface area contributed by atoms with Crippen molar-refractivity contribution < 1.29 is 19.4 Å². The molecule has 0 saturated heterocycles. The number of carbonyl (C=O) groups excluding carboxylic acids is 1. The number of hydrogen-bond acceptors (Lipinski definition) is 4. The molecule has 158 valence electrons. The predicted molar refractivity (Wildman–Crippen MR) is 108 cm³/mol. The van der Waals surface area contributed by atoms with Crippen molar-refractivity contribution in [2.24, 2.45) is 34.5 Å². The van der Waals surface area contributed by atoms with Gasteiger partial charge in [0.25, 0.3) is 0 Å². The first kappa shape index (κ1) is 20.4. The molecule has 1 aliphatic heterocycles. The second-order valence-electron chi connectivity index (χ2n) is 10.3. The molecule has 0 spiro atoms. The standard InChI is InChI=1S/C23H37NO4/c1-22-7-5-16-21(17(22)11-15(13-22)14-28-10-9-27-4)18(25)12-19-23(16,2)8-6-20(26)24(19)3/h6,8,15-19,21,25H,5,7,9-14H2,1-4H3/t15?,16-,17+,18?,19?,21-,22-,23-/m1/s1. The van der Waals surface area contributed by atoms with Gasteiger partial charge in [0.1, 0.15) is 0 Å². The fourth-order valence-corrected chi connectivity index (χ4v) is 7.41. The SMILES string of the molecule is COCCOCC1C[C@H]2[C@@H]3C(O)CC4N(C)C(=O)C=C[C@]4(C)[C@@H]3CC[C@]2(C)C1. The summed E-state index contributed by atoms with van der Waals surface area (Å²) in [5.41, 5.74) is 0.279. The van der Waals surface area contributed by atoms with E-state index >= 15 is 0 Å². The molecule has 5 nitrogen and oxygen atoms in total. The first-order valence-electron chi connectivity index (χ1n) is 11.0. The number of nitrogens with zero attached hydrogens (tertiary/aromatic N) is 1. The molecule has 0 aromatic rings. The van der Waals surface area contributed by atoms with Crippen LogP contribution in [-0.4, -0.2) is 62.0 Å². The van der Waals surface area contributed by atoms with Gasteiger partial charge in [0.2, 0.25) is 5.91 Å². The average molecular weight is 392 g/mol. The summed E-state index contributed by atoms with van der Waals surface area (Å²) in [5.74, 6) is 1.97. The van der Waals surface area contributed by atoms with Crippen molar-refractivity contribution in [2.75, 3.05) is 34.0 Å². The molecule has 1 heterocycles. The third-order valence-electron chi connectivity index (χ3n) is 8.80. The highest BCUT2D eigenvalue weighted by Gasteiger charge is 2.61. The van der Waals surface area contributed by atoms with Crippen LogP contribution < -0.4 is 0 Å². The zero-order valence-electron chi connectivity index (χ0n) is 17.9. The number of methoxy groups -OCH3 is 1. The number of amides is 1. The lowest BCUT2D eigenvalue weighted by Gasteiger charge is -2.61. The van der Waals surface area contributed by atoms with E-state index < -0.39 is 0 Å². The maximum absolute atomic E-state index is 12.2. The molecule has 4 aliphatic rings. The van der Waals surface area contributed by atoms with Crippen molar-refractivity contribution in [1.82, 2.24) is 4.90 Å². The maximum atomic E-state index is 12.2. The van der Waals surface area contributed by atoms with Gasteiger partial charge < -0.3 is 19.5 Å². The number of ether oxygens (including phenoxy) is 2. The Bertz CT molecular complexity index is 636. The summed E-state index contributed by atoms with van der Waals surface area (Å²) in [6.07, 6.45) is 9.04. The first-order chi connectivity index (χ1) is 13.3. The van der Waals surface area contributed by atoms with E-state index in [1.807, 2.05) is 11.9 Å². The van der Waals surface area contributed by atoms with E-state index in [1.165, 1.54) is 12.8 Å². The Morgan fingerprint density at radius 3 is 2.79 bits per heavy atom. The molecular weight excluding hydrogens is 354 g/mol. The number of aliphatic hydroxyl groups excluding tert-OH is 1. The second-order valence-corrected chi connectivity index (χ2v) is 10.3. The van der Waals surface area contributed by atoms with Crippen molar-refractivity contribution in [3.63, 3.8) is 0 Å². The van der Waals surface area contributed by atoms with Crippen LogP contribution >= 0.6 is 0 Å². The van der Waals surface area contributed by atoms with Crippen molar-refractivity contribution in [1.29, 1.82) is 0 Å². The summed E-state index contributed by atoms with van der Waals surface area (Å²) in [5, 5.41) is 11.2. The van der Waals surface area contributed by atoms with Crippen LogP contribution in [-0.2, 0) is 14.3 Å². The summed E-state index contributed by atoms with van der Waals surface area (Å²) in [7, 11) is 3.61. The van der Waals surface area contributed by atoms with E-state index in [0.29, 0.717) is 48.7 Å². The zero-order valence-corrected chi connectivity index (χ0v) is 17.9. The van der Waals surface area contributed by atoms with Gasteiger partial charge >= 0.3 is 0 Å². The molecule has 4 rings (SSSR count). The van der Waals surface area contributed by atoms with Crippen LogP contribution in [0.2, 0.25) is 0 Å². The van der Waals surface area contributed by atoms with Gasteiger partial charge in [0.05, 0.1) is 19.3 Å². The Morgan fingerprint density at radius 1 is 1.25 bits per heavy atom. The molecule has 1 N–H and O–H groups in total. The predicted octanol–water partition coefficient (Wildman–Crippen LogP) is 2.88.